The van der Waals surface area contributed by atoms with Crippen LogP contribution in [0.15, 0.2) is 78.6 Å². The Hall–Kier alpha value is -3.07. The molecule has 25 heavy (non-hydrogen) atoms. The first-order valence-electron chi connectivity index (χ1n) is 8.34. The number of allylic oxidation sites excluding steroid dienone is 1. The maximum Gasteiger partial charge on any atom is 0.0562 e. The number of hydrazone groups is 1. The highest BCUT2D eigenvalue weighted by Crippen LogP contribution is 2.14. The van der Waals surface area contributed by atoms with Crippen molar-refractivity contribution in [3.63, 3.8) is 0 Å². The predicted molar refractivity (Wildman–Crippen MR) is 109 cm³/mol. The summed E-state index contributed by atoms with van der Waals surface area (Å²) in [5.74, 6) is 0. The van der Waals surface area contributed by atoms with Crippen LogP contribution in [-0.2, 0) is 6.42 Å². The molecular weight excluding hydrogens is 306 g/mol. The molecule has 0 radical (unpaired) electrons. The van der Waals surface area contributed by atoms with Crippen LogP contribution in [0.25, 0.3) is 11.8 Å². The van der Waals surface area contributed by atoms with E-state index in [1.807, 2.05) is 55.7 Å². The minimum absolute atomic E-state index is 0.755. The van der Waals surface area contributed by atoms with E-state index in [0.717, 1.165) is 34.5 Å². The fraction of sp³-hybridized carbons (Fsp3) is 0.136. The van der Waals surface area contributed by atoms with Crippen molar-refractivity contribution >= 4 is 18.0 Å². The lowest BCUT2D eigenvalue weighted by atomic mass is 10.1. The Morgan fingerprint density at radius 3 is 2.60 bits per heavy atom. The topological polar surface area (TPSA) is 36.4 Å². The van der Waals surface area contributed by atoms with Gasteiger partial charge in [0.05, 0.1) is 11.9 Å². The van der Waals surface area contributed by atoms with Crippen molar-refractivity contribution in [1.29, 1.82) is 0 Å². The van der Waals surface area contributed by atoms with E-state index >= 15 is 0 Å². The lowest BCUT2D eigenvalue weighted by Gasteiger charge is -2.06. The summed E-state index contributed by atoms with van der Waals surface area (Å²) in [6.45, 7) is 10.1. The van der Waals surface area contributed by atoms with Gasteiger partial charge in [-0.3, -0.25) is 5.43 Å². The molecule has 0 aliphatic heterocycles. The zero-order chi connectivity index (χ0) is 18.1. The van der Waals surface area contributed by atoms with Crippen molar-refractivity contribution in [2.24, 2.45) is 5.10 Å². The molecule has 0 atom stereocenters. The number of rotatable bonds is 8. The second kappa shape index (κ2) is 9.28. The molecule has 0 amide bonds. The lowest BCUT2D eigenvalue weighted by molar-refractivity contribution is 1.00. The number of hydrogen-bond donors (Lipinski definition) is 2. The zero-order valence-corrected chi connectivity index (χ0v) is 14.9. The number of nitrogens with zero attached hydrogens (tertiary/aromatic N) is 1. The molecule has 0 saturated carbocycles. The molecule has 0 heterocycles. The average Bonchev–Trinajstić information content (AvgIpc) is 2.66. The van der Waals surface area contributed by atoms with Crippen LogP contribution in [0.1, 0.15) is 29.2 Å². The fourth-order valence-electron chi connectivity index (χ4n) is 2.25. The largest absolute Gasteiger partial charge is 0.389 e. The van der Waals surface area contributed by atoms with E-state index in [2.05, 4.69) is 54.1 Å². The van der Waals surface area contributed by atoms with Crippen LogP contribution in [0.4, 0.5) is 0 Å². The van der Waals surface area contributed by atoms with Gasteiger partial charge in [0.15, 0.2) is 0 Å². The van der Waals surface area contributed by atoms with Gasteiger partial charge in [-0.05, 0) is 40.8 Å². The molecule has 0 fully saturated rings. The summed E-state index contributed by atoms with van der Waals surface area (Å²) in [5.41, 5.74) is 9.07. The number of likely N-dealkylation sites (N-methyl/N-ethyl adjacent to an activating group) is 1. The molecule has 2 aromatic rings. The SMILES string of the molecule is C=C(/C=C/c1cccc(C(=C)N/N=C/c2cccc(CC)c2)c1)NC. The Kier molecular flexibility index (Phi) is 6.78. The molecular formula is C22H25N3. The van der Waals surface area contributed by atoms with E-state index in [4.69, 9.17) is 0 Å². The van der Waals surface area contributed by atoms with Crippen LogP contribution in [0, 0.1) is 0 Å². The van der Waals surface area contributed by atoms with Crippen molar-refractivity contribution < 1.29 is 0 Å². The Morgan fingerprint density at radius 2 is 1.84 bits per heavy atom. The number of nitrogens with one attached hydrogen (secondary N) is 2. The van der Waals surface area contributed by atoms with E-state index in [-0.39, 0.29) is 0 Å². The third kappa shape index (κ3) is 5.81. The van der Waals surface area contributed by atoms with Crippen molar-refractivity contribution in [2.75, 3.05) is 7.05 Å². The Balaban J connectivity index is 2.01. The van der Waals surface area contributed by atoms with Crippen molar-refractivity contribution in [3.05, 3.63) is 95.7 Å². The summed E-state index contributed by atoms with van der Waals surface area (Å²) in [4.78, 5) is 0. The van der Waals surface area contributed by atoms with Crippen molar-refractivity contribution in [2.45, 2.75) is 13.3 Å². The minimum atomic E-state index is 0.755. The molecule has 3 nitrogen and oxygen atoms in total. The third-order valence-electron chi connectivity index (χ3n) is 3.81. The Labute approximate surface area is 150 Å². The molecule has 0 aromatic heterocycles. The summed E-state index contributed by atoms with van der Waals surface area (Å²) >= 11 is 0. The molecule has 3 heteroatoms. The molecule has 128 valence electrons. The molecule has 2 aromatic carbocycles. The highest BCUT2D eigenvalue weighted by molar-refractivity contribution is 5.80. The van der Waals surface area contributed by atoms with Crippen LogP contribution >= 0.6 is 0 Å². The minimum Gasteiger partial charge on any atom is -0.389 e. The van der Waals surface area contributed by atoms with Gasteiger partial charge in [-0.2, -0.15) is 5.10 Å². The van der Waals surface area contributed by atoms with Gasteiger partial charge < -0.3 is 5.32 Å². The number of aryl methyl sites for hydroxylation is 1. The van der Waals surface area contributed by atoms with Crippen LogP contribution in [0.3, 0.4) is 0 Å². The molecule has 0 bridgehead atoms. The van der Waals surface area contributed by atoms with Gasteiger partial charge in [-0.15, -0.1) is 0 Å². The van der Waals surface area contributed by atoms with Gasteiger partial charge in [-0.25, -0.2) is 0 Å². The van der Waals surface area contributed by atoms with Gasteiger partial charge in [0, 0.05) is 12.7 Å². The van der Waals surface area contributed by atoms with Crippen LogP contribution in [-0.4, -0.2) is 13.3 Å². The highest BCUT2D eigenvalue weighted by atomic mass is 15.3. The summed E-state index contributed by atoms with van der Waals surface area (Å²) in [5, 5.41) is 7.29. The number of hydrogen-bond acceptors (Lipinski definition) is 3. The molecule has 0 aliphatic rings. The van der Waals surface area contributed by atoms with Gasteiger partial charge >= 0.3 is 0 Å². The Bertz CT molecular complexity index is 800. The molecule has 0 saturated heterocycles. The third-order valence-corrected chi connectivity index (χ3v) is 3.81. The smallest absolute Gasteiger partial charge is 0.0562 e. The molecule has 0 unspecified atom stereocenters. The van der Waals surface area contributed by atoms with E-state index in [1.165, 1.54) is 5.56 Å². The van der Waals surface area contributed by atoms with E-state index in [1.54, 1.807) is 0 Å². The first-order valence-corrected chi connectivity index (χ1v) is 8.34. The van der Waals surface area contributed by atoms with E-state index in [9.17, 15) is 0 Å². The van der Waals surface area contributed by atoms with Crippen LogP contribution in [0.5, 0.6) is 0 Å². The number of benzene rings is 2. The second-order valence-electron chi connectivity index (χ2n) is 5.68. The van der Waals surface area contributed by atoms with E-state index in [0.29, 0.717) is 0 Å². The van der Waals surface area contributed by atoms with Crippen LogP contribution < -0.4 is 10.7 Å². The van der Waals surface area contributed by atoms with Crippen molar-refractivity contribution in [1.82, 2.24) is 10.7 Å². The lowest BCUT2D eigenvalue weighted by Crippen LogP contribution is -2.04. The molecule has 0 spiro atoms. The molecule has 2 N–H and O–H groups in total. The first kappa shape index (κ1) is 18.3. The van der Waals surface area contributed by atoms with Crippen molar-refractivity contribution in [3.8, 4) is 0 Å². The predicted octanol–water partition coefficient (Wildman–Crippen LogP) is 4.59. The Morgan fingerprint density at radius 1 is 1.08 bits per heavy atom. The van der Waals surface area contributed by atoms with Gasteiger partial charge in [0.2, 0.25) is 0 Å². The highest BCUT2D eigenvalue weighted by Gasteiger charge is 1.98. The average molecular weight is 331 g/mol. The molecule has 2 rings (SSSR count). The maximum atomic E-state index is 4.29. The normalized spacial score (nSPS) is 11.0. The summed E-state index contributed by atoms with van der Waals surface area (Å²) in [6, 6.07) is 16.4. The summed E-state index contributed by atoms with van der Waals surface area (Å²) in [7, 11) is 1.85. The zero-order valence-electron chi connectivity index (χ0n) is 14.9. The summed E-state index contributed by atoms with van der Waals surface area (Å²) in [6.07, 6.45) is 6.77. The standard InChI is InChI=1S/C22H25N3/c1-5-19-8-6-10-21(14-19)16-24-25-18(3)22-11-7-9-20(15-22)13-12-17(2)23-4/h6-16,23,25H,2-3,5H2,1,4H3/b13-12+,24-16+. The monoisotopic (exact) mass is 331 g/mol. The maximum absolute atomic E-state index is 4.29. The van der Waals surface area contributed by atoms with E-state index < -0.39 is 0 Å². The fourth-order valence-corrected chi connectivity index (χ4v) is 2.25. The van der Waals surface area contributed by atoms with Gasteiger partial charge in [0.1, 0.15) is 0 Å². The van der Waals surface area contributed by atoms with Crippen LogP contribution in [0.2, 0.25) is 0 Å². The first-order chi connectivity index (χ1) is 12.1. The van der Waals surface area contributed by atoms with Gasteiger partial charge in [-0.1, -0.05) is 68.6 Å². The quantitative estimate of drug-likeness (QED) is 0.422. The second-order valence-corrected chi connectivity index (χ2v) is 5.68. The van der Waals surface area contributed by atoms with Gasteiger partial charge in [0.25, 0.3) is 0 Å². The molecule has 0 aliphatic carbocycles. The summed E-state index contributed by atoms with van der Waals surface area (Å²) < 4.78 is 0.